The second-order valence-electron chi connectivity index (χ2n) is 5.78. The Labute approximate surface area is 130 Å². The molecule has 0 unspecified atom stereocenters. The molecular weight excluding hydrogens is 282 g/mol. The fourth-order valence-corrected chi connectivity index (χ4v) is 2.35. The Morgan fingerprint density at radius 3 is 2.55 bits per heavy atom. The fraction of sp³-hybridized carbons (Fsp3) is 0.500. The van der Waals surface area contributed by atoms with E-state index in [0.29, 0.717) is 12.2 Å². The molecule has 1 aliphatic rings. The number of rotatable bonds is 4. The molecule has 0 aliphatic carbocycles. The summed E-state index contributed by atoms with van der Waals surface area (Å²) in [5, 5.41) is 0. The van der Waals surface area contributed by atoms with Crippen molar-refractivity contribution in [2.75, 3.05) is 24.6 Å². The molecular formula is C16H23N3O3. The van der Waals surface area contributed by atoms with Gasteiger partial charge in [-0.15, -0.1) is 0 Å². The topological polar surface area (TPSA) is 70.7 Å². The summed E-state index contributed by atoms with van der Waals surface area (Å²) in [4.78, 5) is 25.9. The van der Waals surface area contributed by atoms with E-state index in [-0.39, 0.29) is 11.8 Å². The van der Waals surface area contributed by atoms with Crippen molar-refractivity contribution >= 4 is 17.7 Å². The van der Waals surface area contributed by atoms with Crippen LogP contribution in [0.25, 0.3) is 0 Å². The Bertz CT molecular complexity index is 525. The Morgan fingerprint density at radius 2 is 1.86 bits per heavy atom. The van der Waals surface area contributed by atoms with Gasteiger partial charge < -0.3 is 9.64 Å². The number of carbonyl (C=O) groups excluding carboxylic acids is 2. The molecule has 0 spiro atoms. The zero-order valence-corrected chi connectivity index (χ0v) is 13.1. The fourth-order valence-electron chi connectivity index (χ4n) is 2.35. The SMILES string of the molecule is CC(C)COC(=O)NNC(=O)c1ccccc1N1CCCC1. The molecule has 2 rings (SSSR count). The molecule has 6 nitrogen and oxygen atoms in total. The predicted octanol–water partition coefficient (Wildman–Crippen LogP) is 2.31. The Hall–Kier alpha value is -2.24. The van der Waals surface area contributed by atoms with Gasteiger partial charge in [0.1, 0.15) is 0 Å². The summed E-state index contributed by atoms with van der Waals surface area (Å²) in [7, 11) is 0. The summed E-state index contributed by atoms with van der Waals surface area (Å²) in [6.07, 6.45) is 1.62. The zero-order valence-electron chi connectivity index (χ0n) is 13.1. The van der Waals surface area contributed by atoms with Crippen LogP contribution >= 0.6 is 0 Å². The lowest BCUT2D eigenvalue weighted by Crippen LogP contribution is -2.42. The van der Waals surface area contributed by atoms with Crippen LogP contribution in [0.1, 0.15) is 37.0 Å². The molecule has 120 valence electrons. The maximum Gasteiger partial charge on any atom is 0.426 e. The quantitative estimate of drug-likeness (QED) is 0.838. The minimum atomic E-state index is -0.652. The normalized spacial score (nSPS) is 14.0. The number of carbonyl (C=O) groups is 2. The van der Waals surface area contributed by atoms with Crippen molar-refractivity contribution in [2.45, 2.75) is 26.7 Å². The Morgan fingerprint density at radius 1 is 1.18 bits per heavy atom. The minimum absolute atomic E-state index is 0.248. The highest BCUT2D eigenvalue weighted by molar-refractivity contribution is 6.00. The summed E-state index contributed by atoms with van der Waals surface area (Å²) in [6, 6.07) is 7.40. The van der Waals surface area contributed by atoms with Gasteiger partial charge in [-0.1, -0.05) is 26.0 Å². The molecule has 1 aromatic carbocycles. The summed E-state index contributed by atoms with van der Waals surface area (Å²) in [5.74, 6) is -0.0960. The van der Waals surface area contributed by atoms with Gasteiger partial charge in [-0.2, -0.15) is 0 Å². The van der Waals surface area contributed by atoms with Crippen LogP contribution in [0, 0.1) is 5.92 Å². The van der Waals surface area contributed by atoms with Gasteiger partial charge in [0.25, 0.3) is 5.91 Å². The smallest absolute Gasteiger partial charge is 0.426 e. The van der Waals surface area contributed by atoms with E-state index in [1.54, 1.807) is 6.07 Å². The van der Waals surface area contributed by atoms with Gasteiger partial charge in [0.2, 0.25) is 0 Å². The molecule has 6 heteroatoms. The van der Waals surface area contributed by atoms with E-state index in [0.717, 1.165) is 31.6 Å². The maximum absolute atomic E-state index is 12.3. The number of ether oxygens (including phenoxy) is 1. The molecule has 2 N–H and O–H groups in total. The molecule has 22 heavy (non-hydrogen) atoms. The number of hydrogen-bond acceptors (Lipinski definition) is 4. The summed E-state index contributed by atoms with van der Waals surface area (Å²) in [5.41, 5.74) is 6.12. The molecule has 2 amide bonds. The largest absolute Gasteiger partial charge is 0.448 e. The number of nitrogens with one attached hydrogen (secondary N) is 2. The van der Waals surface area contributed by atoms with Crippen molar-refractivity contribution in [1.29, 1.82) is 0 Å². The van der Waals surface area contributed by atoms with Crippen LogP contribution in [-0.4, -0.2) is 31.7 Å². The molecule has 1 aliphatic heterocycles. The van der Waals surface area contributed by atoms with Crippen molar-refractivity contribution in [3.63, 3.8) is 0 Å². The second kappa shape index (κ2) is 7.68. The zero-order chi connectivity index (χ0) is 15.9. The van der Waals surface area contributed by atoms with Crippen LogP contribution in [-0.2, 0) is 4.74 Å². The Balaban J connectivity index is 1.93. The molecule has 0 bridgehead atoms. The summed E-state index contributed by atoms with van der Waals surface area (Å²) >= 11 is 0. The van der Waals surface area contributed by atoms with Crippen molar-refractivity contribution in [3.05, 3.63) is 29.8 Å². The number of para-hydroxylation sites is 1. The van der Waals surface area contributed by atoms with E-state index in [4.69, 9.17) is 4.74 Å². The van der Waals surface area contributed by atoms with Crippen molar-refractivity contribution < 1.29 is 14.3 Å². The van der Waals surface area contributed by atoms with Crippen molar-refractivity contribution in [3.8, 4) is 0 Å². The second-order valence-corrected chi connectivity index (χ2v) is 5.78. The molecule has 0 radical (unpaired) electrons. The molecule has 0 aromatic heterocycles. The lowest BCUT2D eigenvalue weighted by molar-refractivity contribution is 0.0901. The average Bonchev–Trinajstić information content (AvgIpc) is 3.04. The van der Waals surface area contributed by atoms with E-state index in [1.807, 2.05) is 32.0 Å². The van der Waals surface area contributed by atoms with Gasteiger partial charge in [-0.25, -0.2) is 10.2 Å². The number of hydrogen-bond donors (Lipinski definition) is 2. The third-order valence-corrected chi connectivity index (χ3v) is 3.42. The summed E-state index contributed by atoms with van der Waals surface area (Å²) < 4.78 is 4.94. The van der Waals surface area contributed by atoms with Gasteiger partial charge in [-0.3, -0.25) is 10.2 Å². The monoisotopic (exact) mass is 305 g/mol. The first-order valence-electron chi connectivity index (χ1n) is 7.65. The highest BCUT2D eigenvalue weighted by Crippen LogP contribution is 2.24. The molecule has 1 saturated heterocycles. The third kappa shape index (κ3) is 4.38. The number of benzene rings is 1. The van der Waals surface area contributed by atoms with E-state index in [9.17, 15) is 9.59 Å². The van der Waals surface area contributed by atoms with Crippen LogP contribution in [0.15, 0.2) is 24.3 Å². The summed E-state index contributed by atoms with van der Waals surface area (Å²) in [6.45, 7) is 6.10. The molecule has 1 fully saturated rings. The van der Waals surface area contributed by atoms with Crippen LogP contribution < -0.4 is 15.8 Å². The van der Waals surface area contributed by atoms with E-state index in [2.05, 4.69) is 15.8 Å². The molecule has 0 saturated carbocycles. The van der Waals surface area contributed by atoms with Crippen molar-refractivity contribution in [2.24, 2.45) is 5.92 Å². The standard InChI is InChI=1S/C16H23N3O3/c1-12(2)11-22-16(21)18-17-15(20)13-7-3-4-8-14(13)19-9-5-6-10-19/h3-4,7-8,12H,5-6,9-11H2,1-2H3,(H,17,20)(H,18,21). The van der Waals surface area contributed by atoms with Gasteiger partial charge in [0.15, 0.2) is 0 Å². The lowest BCUT2D eigenvalue weighted by Gasteiger charge is -2.20. The Kier molecular flexibility index (Phi) is 5.63. The van der Waals surface area contributed by atoms with Crippen LogP contribution in [0.2, 0.25) is 0 Å². The number of hydrazine groups is 1. The number of anilines is 1. The van der Waals surface area contributed by atoms with Crippen LogP contribution in [0.5, 0.6) is 0 Å². The van der Waals surface area contributed by atoms with Crippen LogP contribution in [0.4, 0.5) is 10.5 Å². The lowest BCUT2D eigenvalue weighted by atomic mass is 10.1. The van der Waals surface area contributed by atoms with Gasteiger partial charge in [0, 0.05) is 18.8 Å². The first-order valence-corrected chi connectivity index (χ1v) is 7.65. The number of nitrogens with zero attached hydrogens (tertiary/aromatic N) is 1. The average molecular weight is 305 g/mol. The number of amides is 2. The highest BCUT2D eigenvalue weighted by atomic mass is 16.6. The van der Waals surface area contributed by atoms with E-state index in [1.165, 1.54) is 0 Å². The highest BCUT2D eigenvalue weighted by Gasteiger charge is 2.19. The molecule has 0 atom stereocenters. The third-order valence-electron chi connectivity index (χ3n) is 3.42. The van der Waals surface area contributed by atoms with Gasteiger partial charge in [0.05, 0.1) is 12.2 Å². The van der Waals surface area contributed by atoms with Gasteiger partial charge >= 0.3 is 6.09 Å². The van der Waals surface area contributed by atoms with E-state index >= 15 is 0 Å². The van der Waals surface area contributed by atoms with Crippen molar-refractivity contribution in [1.82, 2.24) is 10.9 Å². The minimum Gasteiger partial charge on any atom is -0.448 e. The van der Waals surface area contributed by atoms with E-state index < -0.39 is 6.09 Å². The maximum atomic E-state index is 12.3. The first-order chi connectivity index (χ1) is 10.6. The predicted molar refractivity (Wildman–Crippen MR) is 84.7 cm³/mol. The first kappa shape index (κ1) is 16.1. The van der Waals surface area contributed by atoms with Gasteiger partial charge in [-0.05, 0) is 30.9 Å². The van der Waals surface area contributed by atoms with Crippen LogP contribution in [0.3, 0.4) is 0 Å². The molecule has 1 aromatic rings. The molecule has 1 heterocycles.